The van der Waals surface area contributed by atoms with Gasteiger partial charge in [0.1, 0.15) is 0 Å². The van der Waals surface area contributed by atoms with Gasteiger partial charge in [-0.2, -0.15) is 0 Å². The lowest BCUT2D eigenvalue weighted by Gasteiger charge is -2.23. The summed E-state index contributed by atoms with van der Waals surface area (Å²) in [5, 5.41) is 8.25. The lowest BCUT2D eigenvalue weighted by molar-refractivity contribution is -0.209. The molecule has 0 bridgehead atoms. The first kappa shape index (κ1) is 13.9. The topological polar surface area (TPSA) is 89.9 Å². The summed E-state index contributed by atoms with van der Waals surface area (Å²) in [6.07, 6.45) is 2.25. The van der Waals surface area contributed by atoms with Crippen molar-refractivity contribution in [2.45, 2.75) is 19.6 Å². The third-order valence-electron chi connectivity index (χ3n) is 1.22. The Morgan fingerprint density at radius 1 is 1.12 bits per heavy atom. The van der Waals surface area contributed by atoms with Gasteiger partial charge in [0.2, 0.25) is 0 Å². The molecule has 0 aromatic heterocycles. The molecule has 6 heteroatoms. The van der Waals surface area contributed by atoms with Crippen LogP contribution in [0.2, 0.25) is 0 Å². The lowest BCUT2D eigenvalue weighted by atomic mass is 10.3. The number of esters is 2. The second-order valence-corrected chi connectivity index (χ2v) is 3.12. The van der Waals surface area contributed by atoms with Crippen molar-refractivity contribution < 1.29 is 29.0 Å². The fourth-order valence-corrected chi connectivity index (χ4v) is 0.720. The first-order valence-electron chi connectivity index (χ1n) is 4.26. The molecule has 0 atom stereocenters. The largest absolute Gasteiger partial charge is 0.478 e. The van der Waals surface area contributed by atoms with E-state index >= 15 is 0 Å². The minimum atomic E-state index is -1.48. The van der Waals surface area contributed by atoms with E-state index in [4.69, 9.17) is 5.11 Å². The zero-order valence-electron chi connectivity index (χ0n) is 8.93. The predicted molar refractivity (Wildman–Crippen MR) is 53.2 cm³/mol. The van der Waals surface area contributed by atoms with Crippen molar-refractivity contribution >= 4 is 17.9 Å². The van der Waals surface area contributed by atoms with E-state index in [1.165, 1.54) is 13.8 Å². The highest BCUT2D eigenvalue weighted by Crippen LogP contribution is 2.12. The lowest BCUT2D eigenvalue weighted by Crippen LogP contribution is -2.32. The molecule has 88 valence electrons. The summed E-state index contributed by atoms with van der Waals surface area (Å²) in [6, 6.07) is 0. The van der Waals surface area contributed by atoms with Gasteiger partial charge in [0, 0.05) is 32.1 Å². The number of aliphatic carboxylic acids is 1. The van der Waals surface area contributed by atoms with E-state index in [0.717, 1.165) is 6.08 Å². The third-order valence-corrected chi connectivity index (χ3v) is 1.22. The molecule has 0 saturated carbocycles. The summed E-state index contributed by atoms with van der Waals surface area (Å²) >= 11 is 0. The molecule has 6 nitrogen and oxygen atoms in total. The molecule has 0 amide bonds. The summed E-state index contributed by atoms with van der Waals surface area (Å²) in [6.45, 7) is 5.85. The first-order valence-corrected chi connectivity index (χ1v) is 4.26. The number of hydrogen-bond donors (Lipinski definition) is 1. The van der Waals surface area contributed by atoms with Crippen molar-refractivity contribution in [3.8, 4) is 0 Å². The van der Waals surface area contributed by atoms with Crippen molar-refractivity contribution in [3.05, 3.63) is 24.8 Å². The Morgan fingerprint density at radius 2 is 1.62 bits per heavy atom. The van der Waals surface area contributed by atoms with Gasteiger partial charge in [-0.3, -0.25) is 0 Å². The first-order chi connectivity index (χ1) is 7.26. The smallest absolute Gasteiger partial charge is 0.334 e. The second kappa shape index (κ2) is 5.69. The van der Waals surface area contributed by atoms with Crippen molar-refractivity contribution in [1.82, 2.24) is 0 Å². The molecule has 0 aliphatic rings. The third kappa shape index (κ3) is 6.36. The Morgan fingerprint density at radius 3 is 2.06 bits per heavy atom. The fraction of sp³-hybridized carbons (Fsp3) is 0.300. The number of ether oxygens (including phenoxy) is 2. The fourth-order valence-electron chi connectivity index (χ4n) is 0.720. The molecule has 0 radical (unpaired) electrons. The highest BCUT2D eigenvalue weighted by molar-refractivity contribution is 5.91. The maximum atomic E-state index is 11.0. The van der Waals surface area contributed by atoms with Crippen molar-refractivity contribution in [3.63, 3.8) is 0 Å². The number of hydrogen-bond acceptors (Lipinski definition) is 5. The summed E-state index contributed by atoms with van der Waals surface area (Å²) in [7, 11) is 0. The van der Waals surface area contributed by atoms with Gasteiger partial charge in [-0.25, -0.2) is 14.4 Å². The van der Waals surface area contributed by atoms with E-state index in [0.29, 0.717) is 12.2 Å². The van der Waals surface area contributed by atoms with Crippen LogP contribution in [0.1, 0.15) is 13.8 Å². The van der Waals surface area contributed by atoms with Crippen LogP contribution in [-0.2, 0) is 23.9 Å². The SMILES string of the molecule is C=CC(=O)OC(C)(C)OC(=O)C=CC(=O)O. The van der Waals surface area contributed by atoms with Gasteiger partial charge < -0.3 is 14.6 Å². The molecule has 1 N–H and O–H groups in total. The second-order valence-electron chi connectivity index (χ2n) is 3.12. The molecule has 0 spiro atoms. The molecule has 0 aliphatic heterocycles. The summed E-state index contributed by atoms with van der Waals surface area (Å²) in [4.78, 5) is 32.0. The highest BCUT2D eigenvalue weighted by Gasteiger charge is 2.25. The van der Waals surface area contributed by atoms with E-state index in [9.17, 15) is 14.4 Å². The summed E-state index contributed by atoms with van der Waals surface area (Å²) in [5.41, 5.74) is 0. The molecular weight excluding hydrogens is 216 g/mol. The van der Waals surface area contributed by atoms with Crippen LogP contribution < -0.4 is 0 Å². The zero-order chi connectivity index (χ0) is 12.8. The summed E-state index contributed by atoms with van der Waals surface area (Å²) < 4.78 is 9.36. The Balaban J connectivity index is 4.35. The van der Waals surface area contributed by atoms with Crippen LogP contribution in [0.5, 0.6) is 0 Å². The van der Waals surface area contributed by atoms with Crippen LogP contribution in [0, 0.1) is 0 Å². The van der Waals surface area contributed by atoms with Crippen LogP contribution in [0.15, 0.2) is 24.8 Å². The van der Waals surface area contributed by atoms with Crippen molar-refractivity contribution in [1.29, 1.82) is 0 Å². The molecule has 0 unspecified atom stereocenters. The van der Waals surface area contributed by atoms with Crippen LogP contribution in [0.4, 0.5) is 0 Å². The van der Waals surface area contributed by atoms with Gasteiger partial charge in [0.05, 0.1) is 0 Å². The predicted octanol–water partition coefficient (Wildman–Crippen LogP) is 0.636. The monoisotopic (exact) mass is 228 g/mol. The Hall–Kier alpha value is -2.11. The van der Waals surface area contributed by atoms with E-state index in [1.54, 1.807) is 0 Å². The number of carboxylic acids is 1. The Labute approximate surface area is 92.2 Å². The minimum absolute atomic E-state index is 0.619. The van der Waals surface area contributed by atoms with Crippen LogP contribution in [0.3, 0.4) is 0 Å². The molecule has 0 aliphatic carbocycles. The van der Waals surface area contributed by atoms with E-state index in [1.807, 2.05) is 0 Å². The Bertz CT molecular complexity index is 339. The van der Waals surface area contributed by atoms with Crippen LogP contribution in [0.25, 0.3) is 0 Å². The maximum absolute atomic E-state index is 11.0. The standard InChI is InChI=1S/C10H12O6/c1-4-8(13)15-10(2,3)16-9(14)6-5-7(11)12/h4-6H,1H2,2-3H3,(H,11,12). The normalized spacial score (nSPS) is 10.9. The van der Waals surface area contributed by atoms with Gasteiger partial charge in [0.25, 0.3) is 5.79 Å². The van der Waals surface area contributed by atoms with Gasteiger partial charge in [-0.15, -0.1) is 0 Å². The van der Waals surface area contributed by atoms with Crippen molar-refractivity contribution in [2.75, 3.05) is 0 Å². The van der Waals surface area contributed by atoms with E-state index in [2.05, 4.69) is 16.1 Å². The van der Waals surface area contributed by atoms with Gasteiger partial charge >= 0.3 is 17.9 Å². The molecule has 0 aromatic carbocycles. The average Bonchev–Trinajstić information content (AvgIpc) is 2.13. The van der Waals surface area contributed by atoms with Crippen LogP contribution in [-0.4, -0.2) is 28.8 Å². The van der Waals surface area contributed by atoms with E-state index in [-0.39, 0.29) is 0 Å². The van der Waals surface area contributed by atoms with E-state index < -0.39 is 23.7 Å². The molecular formula is C10H12O6. The van der Waals surface area contributed by atoms with Gasteiger partial charge in [-0.05, 0) is 0 Å². The average molecular weight is 228 g/mol. The highest BCUT2D eigenvalue weighted by atomic mass is 16.7. The quantitative estimate of drug-likeness (QED) is 0.422. The molecule has 0 saturated heterocycles. The minimum Gasteiger partial charge on any atom is -0.478 e. The molecule has 0 rings (SSSR count). The molecule has 0 fully saturated rings. The molecule has 0 heterocycles. The van der Waals surface area contributed by atoms with Gasteiger partial charge in [0.15, 0.2) is 0 Å². The zero-order valence-corrected chi connectivity index (χ0v) is 8.93. The Kier molecular flexibility index (Phi) is 4.94. The maximum Gasteiger partial charge on any atom is 0.334 e. The number of carboxylic acid groups (broad SMARTS) is 1. The molecule has 16 heavy (non-hydrogen) atoms. The van der Waals surface area contributed by atoms with Gasteiger partial charge in [-0.1, -0.05) is 6.58 Å². The number of rotatable bonds is 5. The number of carbonyl (C=O) groups excluding carboxylic acids is 2. The van der Waals surface area contributed by atoms with Crippen molar-refractivity contribution in [2.24, 2.45) is 0 Å². The molecule has 0 aromatic rings. The summed E-state index contributed by atoms with van der Waals surface area (Å²) in [5.74, 6) is -4.44. The van der Waals surface area contributed by atoms with Crippen LogP contribution >= 0.6 is 0 Å². The number of carbonyl (C=O) groups is 3.